The predicted octanol–water partition coefficient (Wildman–Crippen LogP) is 1.77. The van der Waals surface area contributed by atoms with Crippen molar-refractivity contribution < 1.29 is 9.63 Å². The molecule has 1 atom stereocenters. The lowest BCUT2D eigenvalue weighted by molar-refractivity contribution is -0.0127. The largest absolute Gasteiger partial charge is 0.322 e. The fraction of sp³-hybridized carbons (Fsp3) is 0.636. The maximum Gasteiger partial charge on any atom is 0.294 e. The van der Waals surface area contributed by atoms with Crippen LogP contribution in [-0.2, 0) is 4.84 Å². The van der Waals surface area contributed by atoms with Gasteiger partial charge in [0.15, 0.2) is 0 Å². The Hall–Kier alpha value is -0.980. The van der Waals surface area contributed by atoms with Crippen LogP contribution < -0.4 is 11.2 Å². The first-order chi connectivity index (χ1) is 8.16. The van der Waals surface area contributed by atoms with E-state index in [2.05, 4.69) is 10.5 Å². The first kappa shape index (κ1) is 12.5. The number of hydroxylamine groups is 1. The molecule has 1 heterocycles. The molecule has 2 rings (SSSR count). The van der Waals surface area contributed by atoms with Gasteiger partial charge < -0.3 is 5.73 Å². The second-order valence-electron chi connectivity index (χ2n) is 4.32. The van der Waals surface area contributed by atoms with E-state index >= 15 is 0 Å². The molecule has 0 spiro atoms. The van der Waals surface area contributed by atoms with Gasteiger partial charge in [-0.1, -0.05) is 12.8 Å². The monoisotopic (exact) mass is 255 g/mol. The highest BCUT2D eigenvalue weighted by atomic mass is 32.1. The summed E-state index contributed by atoms with van der Waals surface area (Å²) < 4.78 is 0. The van der Waals surface area contributed by atoms with Gasteiger partial charge in [-0.2, -0.15) is 0 Å². The van der Waals surface area contributed by atoms with Crippen LogP contribution >= 0.6 is 11.3 Å². The summed E-state index contributed by atoms with van der Waals surface area (Å²) in [5.74, 6) is -0.292. The molecule has 1 fully saturated rings. The van der Waals surface area contributed by atoms with Crippen molar-refractivity contribution in [2.75, 3.05) is 0 Å². The summed E-state index contributed by atoms with van der Waals surface area (Å²) in [7, 11) is 0. The maximum absolute atomic E-state index is 11.7. The summed E-state index contributed by atoms with van der Waals surface area (Å²) in [4.78, 5) is 21.2. The molecule has 1 aliphatic carbocycles. The molecule has 0 saturated heterocycles. The Morgan fingerprint density at radius 3 is 2.94 bits per heavy atom. The van der Waals surface area contributed by atoms with E-state index in [1.54, 1.807) is 5.38 Å². The van der Waals surface area contributed by atoms with Crippen molar-refractivity contribution in [3.8, 4) is 0 Å². The molecule has 1 amide bonds. The van der Waals surface area contributed by atoms with Gasteiger partial charge in [0, 0.05) is 5.38 Å². The molecule has 0 aromatic carbocycles. The van der Waals surface area contributed by atoms with Gasteiger partial charge in [0.25, 0.3) is 5.91 Å². The fourth-order valence-corrected chi connectivity index (χ4v) is 2.55. The number of carbonyl (C=O) groups excluding carboxylic acids is 1. The molecular formula is C11H17N3O2S. The molecule has 0 bridgehead atoms. The molecule has 0 radical (unpaired) electrons. The van der Waals surface area contributed by atoms with E-state index in [1.165, 1.54) is 24.2 Å². The first-order valence-corrected chi connectivity index (χ1v) is 6.72. The quantitative estimate of drug-likeness (QED) is 0.804. The molecule has 5 nitrogen and oxygen atoms in total. The topological polar surface area (TPSA) is 77.2 Å². The zero-order valence-electron chi connectivity index (χ0n) is 9.81. The molecular weight excluding hydrogens is 238 g/mol. The smallest absolute Gasteiger partial charge is 0.294 e. The van der Waals surface area contributed by atoms with Crippen LogP contribution in [0, 0.1) is 0 Å². The van der Waals surface area contributed by atoms with Gasteiger partial charge in [0.2, 0.25) is 0 Å². The maximum atomic E-state index is 11.7. The molecule has 1 aliphatic rings. The lowest BCUT2D eigenvalue weighted by Crippen LogP contribution is -2.28. The molecule has 3 N–H and O–H groups in total. The van der Waals surface area contributed by atoms with E-state index in [-0.39, 0.29) is 18.1 Å². The van der Waals surface area contributed by atoms with Crippen LogP contribution in [0.3, 0.4) is 0 Å². The lowest BCUT2D eigenvalue weighted by atomic mass is 10.3. The molecule has 17 heavy (non-hydrogen) atoms. The predicted molar refractivity (Wildman–Crippen MR) is 65.5 cm³/mol. The van der Waals surface area contributed by atoms with Crippen molar-refractivity contribution in [3.63, 3.8) is 0 Å². The fourth-order valence-electron chi connectivity index (χ4n) is 1.80. The van der Waals surface area contributed by atoms with Crippen LogP contribution in [0.1, 0.15) is 54.1 Å². The molecule has 1 aromatic rings. The zero-order valence-corrected chi connectivity index (χ0v) is 10.6. The van der Waals surface area contributed by atoms with Crippen LogP contribution in [0.4, 0.5) is 0 Å². The van der Waals surface area contributed by atoms with Gasteiger partial charge in [-0.25, -0.2) is 10.5 Å². The minimum Gasteiger partial charge on any atom is -0.322 e. The van der Waals surface area contributed by atoms with E-state index in [0.29, 0.717) is 5.69 Å². The van der Waals surface area contributed by atoms with Crippen molar-refractivity contribution in [2.24, 2.45) is 5.73 Å². The number of rotatable bonds is 4. The Labute approximate surface area is 104 Å². The number of nitrogens with two attached hydrogens (primary N) is 1. The standard InChI is InChI=1S/C11H17N3O2S/c1-7(12)11-13-9(6-17-11)10(15)14-16-8-4-2-3-5-8/h6-8H,2-5,12H2,1H3,(H,14,15). The van der Waals surface area contributed by atoms with Gasteiger partial charge in [0.05, 0.1) is 12.1 Å². The Balaban J connectivity index is 1.85. The van der Waals surface area contributed by atoms with E-state index in [9.17, 15) is 4.79 Å². The molecule has 1 aromatic heterocycles. The molecule has 94 valence electrons. The Bertz CT molecular complexity index is 386. The third kappa shape index (κ3) is 3.24. The van der Waals surface area contributed by atoms with E-state index in [1.807, 2.05) is 6.92 Å². The number of carbonyl (C=O) groups is 1. The number of nitrogens with zero attached hydrogens (tertiary/aromatic N) is 1. The van der Waals surface area contributed by atoms with E-state index in [4.69, 9.17) is 10.6 Å². The summed E-state index contributed by atoms with van der Waals surface area (Å²) in [6.07, 6.45) is 4.54. The van der Waals surface area contributed by atoms with E-state index < -0.39 is 0 Å². The number of nitrogens with one attached hydrogen (secondary N) is 1. The molecule has 1 unspecified atom stereocenters. The van der Waals surface area contributed by atoms with Gasteiger partial charge in [-0.3, -0.25) is 9.63 Å². The summed E-state index contributed by atoms with van der Waals surface area (Å²) >= 11 is 1.39. The summed E-state index contributed by atoms with van der Waals surface area (Å²) in [5, 5.41) is 2.46. The van der Waals surface area contributed by atoms with Gasteiger partial charge in [0.1, 0.15) is 10.7 Å². The number of aromatic nitrogens is 1. The highest BCUT2D eigenvalue weighted by Gasteiger charge is 2.18. The van der Waals surface area contributed by atoms with Crippen molar-refractivity contribution >= 4 is 17.2 Å². The minimum absolute atomic E-state index is 0.141. The summed E-state index contributed by atoms with van der Waals surface area (Å²) in [5.41, 5.74) is 8.52. The average Bonchev–Trinajstić information content (AvgIpc) is 2.96. The van der Waals surface area contributed by atoms with Crippen molar-refractivity contribution in [1.29, 1.82) is 0 Å². The van der Waals surface area contributed by atoms with Crippen LogP contribution in [0.5, 0.6) is 0 Å². The molecule has 6 heteroatoms. The van der Waals surface area contributed by atoms with Crippen LogP contribution in [0.15, 0.2) is 5.38 Å². The van der Waals surface area contributed by atoms with Crippen LogP contribution in [0.2, 0.25) is 0 Å². The third-order valence-corrected chi connectivity index (χ3v) is 3.81. The average molecular weight is 255 g/mol. The lowest BCUT2D eigenvalue weighted by Gasteiger charge is -2.10. The summed E-state index contributed by atoms with van der Waals surface area (Å²) in [6.45, 7) is 1.84. The van der Waals surface area contributed by atoms with Gasteiger partial charge >= 0.3 is 0 Å². The first-order valence-electron chi connectivity index (χ1n) is 5.84. The van der Waals surface area contributed by atoms with E-state index in [0.717, 1.165) is 17.8 Å². The normalized spacial score (nSPS) is 18.2. The number of thiazole rings is 1. The Kier molecular flexibility index (Phi) is 4.09. The molecule has 0 aliphatic heterocycles. The number of hydrogen-bond donors (Lipinski definition) is 2. The number of amides is 1. The van der Waals surface area contributed by atoms with Gasteiger partial charge in [-0.15, -0.1) is 11.3 Å². The highest BCUT2D eigenvalue weighted by Crippen LogP contribution is 2.20. The van der Waals surface area contributed by atoms with Crippen molar-refractivity contribution in [3.05, 3.63) is 16.1 Å². The Morgan fingerprint density at radius 1 is 1.65 bits per heavy atom. The minimum atomic E-state index is -0.292. The van der Waals surface area contributed by atoms with Gasteiger partial charge in [-0.05, 0) is 19.8 Å². The second-order valence-corrected chi connectivity index (χ2v) is 5.20. The summed E-state index contributed by atoms with van der Waals surface area (Å²) in [6, 6.07) is -0.141. The van der Waals surface area contributed by atoms with Crippen LogP contribution in [0.25, 0.3) is 0 Å². The van der Waals surface area contributed by atoms with Crippen molar-refractivity contribution in [1.82, 2.24) is 10.5 Å². The Morgan fingerprint density at radius 2 is 2.35 bits per heavy atom. The zero-order chi connectivity index (χ0) is 12.3. The molecule has 1 saturated carbocycles. The van der Waals surface area contributed by atoms with Crippen LogP contribution in [-0.4, -0.2) is 17.0 Å². The number of hydrogen-bond acceptors (Lipinski definition) is 5. The highest BCUT2D eigenvalue weighted by molar-refractivity contribution is 7.09. The SMILES string of the molecule is CC(N)c1nc(C(=O)NOC2CCCC2)cs1. The second kappa shape index (κ2) is 5.57. The third-order valence-electron chi connectivity index (χ3n) is 2.76. The van der Waals surface area contributed by atoms with Crippen molar-refractivity contribution in [2.45, 2.75) is 44.8 Å².